The summed E-state index contributed by atoms with van der Waals surface area (Å²) >= 11 is 0. The van der Waals surface area contributed by atoms with E-state index in [9.17, 15) is 4.39 Å². The second kappa shape index (κ2) is 6.33. The highest BCUT2D eigenvalue weighted by atomic mass is 19.1. The van der Waals surface area contributed by atoms with Crippen molar-refractivity contribution in [1.82, 2.24) is 0 Å². The standard InChI is InChI=1S/C18H19F/c1-3-4-15-5-9-17(10-6-15)14(2)13-16-7-11-18(19)12-8-16/h5-13H,3-4H2,1-2H3/b14-13+. The van der Waals surface area contributed by atoms with Crippen LogP contribution in [0.25, 0.3) is 11.6 Å². The van der Waals surface area contributed by atoms with Crippen molar-refractivity contribution in [2.24, 2.45) is 0 Å². The summed E-state index contributed by atoms with van der Waals surface area (Å²) in [6.45, 7) is 4.27. The van der Waals surface area contributed by atoms with Gasteiger partial charge in [-0.3, -0.25) is 0 Å². The van der Waals surface area contributed by atoms with Crippen LogP contribution in [0.2, 0.25) is 0 Å². The van der Waals surface area contributed by atoms with Crippen LogP contribution in [0.15, 0.2) is 48.5 Å². The van der Waals surface area contributed by atoms with E-state index in [0.29, 0.717) is 0 Å². The van der Waals surface area contributed by atoms with E-state index in [-0.39, 0.29) is 5.82 Å². The largest absolute Gasteiger partial charge is 0.207 e. The lowest BCUT2D eigenvalue weighted by molar-refractivity contribution is 0.628. The summed E-state index contributed by atoms with van der Waals surface area (Å²) < 4.78 is 12.8. The van der Waals surface area contributed by atoms with Gasteiger partial charge in [-0.15, -0.1) is 0 Å². The van der Waals surface area contributed by atoms with Crippen LogP contribution in [0, 0.1) is 5.82 Å². The van der Waals surface area contributed by atoms with E-state index in [1.54, 1.807) is 12.1 Å². The Kier molecular flexibility index (Phi) is 4.51. The number of benzene rings is 2. The molecule has 0 saturated carbocycles. The zero-order chi connectivity index (χ0) is 13.7. The van der Waals surface area contributed by atoms with Crippen LogP contribution in [0.1, 0.15) is 37.0 Å². The molecule has 0 amide bonds. The molecule has 0 bridgehead atoms. The van der Waals surface area contributed by atoms with Crippen LogP contribution < -0.4 is 0 Å². The van der Waals surface area contributed by atoms with Crippen molar-refractivity contribution in [1.29, 1.82) is 0 Å². The van der Waals surface area contributed by atoms with Gasteiger partial charge in [0.05, 0.1) is 0 Å². The Morgan fingerprint density at radius 1 is 1.00 bits per heavy atom. The van der Waals surface area contributed by atoms with E-state index in [1.165, 1.54) is 35.3 Å². The molecule has 0 spiro atoms. The number of halogens is 1. The molecule has 0 aromatic heterocycles. The zero-order valence-electron chi connectivity index (χ0n) is 11.5. The summed E-state index contributed by atoms with van der Waals surface area (Å²) in [6, 6.07) is 15.2. The SMILES string of the molecule is CCCc1ccc(/C(C)=C/c2ccc(F)cc2)cc1. The molecule has 0 saturated heterocycles. The molecule has 0 N–H and O–H groups in total. The van der Waals surface area contributed by atoms with Gasteiger partial charge in [-0.1, -0.05) is 55.8 Å². The average molecular weight is 254 g/mol. The maximum atomic E-state index is 12.8. The van der Waals surface area contributed by atoms with E-state index in [1.807, 2.05) is 0 Å². The Labute approximate surface area is 114 Å². The van der Waals surface area contributed by atoms with E-state index in [0.717, 1.165) is 12.0 Å². The third-order valence-corrected chi connectivity index (χ3v) is 3.20. The molecule has 0 aliphatic rings. The van der Waals surface area contributed by atoms with Crippen molar-refractivity contribution in [3.05, 3.63) is 71.0 Å². The predicted molar refractivity (Wildman–Crippen MR) is 80.4 cm³/mol. The summed E-state index contributed by atoms with van der Waals surface area (Å²) in [5.41, 5.74) is 4.80. The maximum absolute atomic E-state index is 12.8. The lowest BCUT2D eigenvalue weighted by Gasteiger charge is -2.04. The molecule has 0 fully saturated rings. The van der Waals surface area contributed by atoms with Gasteiger partial charge in [-0.05, 0) is 47.7 Å². The van der Waals surface area contributed by atoms with E-state index >= 15 is 0 Å². The zero-order valence-corrected chi connectivity index (χ0v) is 11.5. The maximum Gasteiger partial charge on any atom is 0.123 e. The highest BCUT2D eigenvalue weighted by Crippen LogP contribution is 2.19. The van der Waals surface area contributed by atoms with Gasteiger partial charge >= 0.3 is 0 Å². The molecule has 19 heavy (non-hydrogen) atoms. The monoisotopic (exact) mass is 254 g/mol. The first-order valence-electron chi connectivity index (χ1n) is 6.72. The number of rotatable bonds is 4. The van der Waals surface area contributed by atoms with Crippen LogP contribution >= 0.6 is 0 Å². The predicted octanol–water partition coefficient (Wildman–Crippen LogP) is 5.34. The van der Waals surface area contributed by atoms with Crippen molar-refractivity contribution >= 4 is 11.6 Å². The fourth-order valence-corrected chi connectivity index (χ4v) is 2.12. The molecule has 1 heteroatoms. The Morgan fingerprint density at radius 2 is 1.63 bits per heavy atom. The summed E-state index contributed by atoms with van der Waals surface area (Å²) in [4.78, 5) is 0. The molecule has 0 nitrogen and oxygen atoms in total. The van der Waals surface area contributed by atoms with Crippen molar-refractivity contribution in [2.75, 3.05) is 0 Å². The summed E-state index contributed by atoms with van der Waals surface area (Å²) in [7, 11) is 0. The third-order valence-electron chi connectivity index (χ3n) is 3.20. The van der Waals surface area contributed by atoms with Gasteiger partial charge in [0.2, 0.25) is 0 Å². The first-order valence-corrected chi connectivity index (χ1v) is 6.72. The highest BCUT2D eigenvalue weighted by Gasteiger charge is 1.98. The van der Waals surface area contributed by atoms with Crippen LogP contribution in [0.4, 0.5) is 4.39 Å². The molecule has 2 aromatic carbocycles. The molecule has 98 valence electrons. The number of allylic oxidation sites excluding steroid dienone is 1. The number of hydrogen-bond donors (Lipinski definition) is 0. The van der Waals surface area contributed by atoms with E-state index < -0.39 is 0 Å². The lowest BCUT2D eigenvalue weighted by Crippen LogP contribution is -1.85. The average Bonchev–Trinajstić information content (AvgIpc) is 2.42. The molecule has 0 heterocycles. The minimum Gasteiger partial charge on any atom is -0.207 e. The van der Waals surface area contributed by atoms with Crippen molar-refractivity contribution in [3.63, 3.8) is 0 Å². The summed E-state index contributed by atoms with van der Waals surface area (Å²) in [6.07, 6.45) is 4.37. The van der Waals surface area contributed by atoms with Crippen LogP contribution in [-0.2, 0) is 6.42 Å². The van der Waals surface area contributed by atoms with Gasteiger partial charge < -0.3 is 0 Å². The Balaban J connectivity index is 2.18. The normalized spacial score (nSPS) is 11.6. The van der Waals surface area contributed by atoms with E-state index in [4.69, 9.17) is 0 Å². The van der Waals surface area contributed by atoms with Gasteiger partial charge in [0.1, 0.15) is 5.82 Å². The molecule has 0 aliphatic heterocycles. The number of hydrogen-bond acceptors (Lipinski definition) is 0. The van der Waals surface area contributed by atoms with Gasteiger partial charge in [-0.25, -0.2) is 4.39 Å². The molecular formula is C18H19F. The Hall–Kier alpha value is -1.89. The molecule has 2 rings (SSSR count). The summed E-state index contributed by atoms with van der Waals surface area (Å²) in [5.74, 6) is -0.196. The summed E-state index contributed by atoms with van der Waals surface area (Å²) in [5, 5.41) is 0. The first kappa shape index (κ1) is 13.5. The minimum absolute atomic E-state index is 0.196. The second-order valence-corrected chi connectivity index (χ2v) is 4.83. The highest BCUT2D eigenvalue weighted by molar-refractivity contribution is 5.80. The smallest absolute Gasteiger partial charge is 0.123 e. The molecule has 0 radical (unpaired) electrons. The Bertz CT molecular complexity index is 547. The molecule has 0 atom stereocenters. The molecule has 0 aliphatic carbocycles. The van der Waals surface area contributed by atoms with E-state index in [2.05, 4.69) is 44.2 Å². The van der Waals surface area contributed by atoms with Gasteiger partial charge in [0.25, 0.3) is 0 Å². The third kappa shape index (κ3) is 3.78. The van der Waals surface area contributed by atoms with Crippen LogP contribution in [0.5, 0.6) is 0 Å². The molecule has 0 unspecified atom stereocenters. The van der Waals surface area contributed by atoms with Crippen LogP contribution in [-0.4, -0.2) is 0 Å². The van der Waals surface area contributed by atoms with Crippen molar-refractivity contribution < 1.29 is 4.39 Å². The second-order valence-electron chi connectivity index (χ2n) is 4.83. The Morgan fingerprint density at radius 3 is 2.21 bits per heavy atom. The van der Waals surface area contributed by atoms with Gasteiger partial charge in [-0.2, -0.15) is 0 Å². The fraction of sp³-hybridized carbons (Fsp3) is 0.222. The minimum atomic E-state index is -0.196. The molecule has 2 aromatic rings. The number of aryl methyl sites for hydroxylation is 1. The van der Waals surface area contributed by atoms with Gasteiger partial charge in [0.15, 0.2) is 0 Å². The van der Waals surface area contributed by atoms with Crippen LogP contribution in [0.3, 0.4) is 0 Å². The lowest BCUT2D eigenvalue weighted by atomic mass is 10.0. The first-order chi connectivity index (χ1) is 9.19. The molecular weight excluding hydrogens is 235 g/mol. The topological polar surface area (TPSA) is 0 Å². The quantitative estimate of drug-likeness (QED) is 0.646. The van der Waals surface area contributed by atoms with Crippen molar-refractivity contribution in [2.45, 2.75) is 26.7 Å². The van der Waals surface area contributed by atoms with Gasteiger partial charge in [0, 0.05) is 0 Å². The fourth-order valence-electron chi connectivity index (χ4n) is 2.12. The van der Waals surface area contributed by atoms with Crippen molar-refractivity contribution in [3.8, 4) is 0 Å².